The molecule has 3 aromatic rings. The van der Waals surface area contributed by atoms with Gasteiger partial charge in [-0.2, -0.15) is 0 Å². The highest BCUT2D eigenvalue weighted by Crippen LogP contribution is 2.47. The van der Waals surface area contributed by atoms with Crippen LogP contribution in [-0.2, 0) is 6.54 Å². The summed E-state index contributed by atoms with van der Waals surface area (Å²) in [6.45, 7) is 0.405. The smallest absolute Gasteiger partial charge is 0.244 e. The first-order valence-corrected chi connectivity index (χ1v) is 9.38. The number of aromatic nitrogens is 1. The summed E-state index contributed by atoms with van der Waals surface area (Å²) in [6, 6.07) is 16.1. The van der Waals surface area contributed by atoms with Gasteiger partial charge in [0.25, 0.3) is 0 Å². The van der Waals surface area contributed by atoms with Crippen LogP contribution in [0.1, 0.15) is 32.5 Å². The molecule has 0 fully saturated rings. The predicted molar refractivity (Wildman–Crippen MR) is 105 cm³/mol. The number of anilines is 1. The summed E-state index contributed by atoms with van der Waals surface area (Å²) < 4.78 is 1.58. The molecule has 2 aromatic carbocycles. The van der Waals surface area contributed by atoms with Gasteiger partial charge in [0.1, 0.15) is 5.92 Å². The normalized spacial score (nSPS) is 20.4. The summed E-state index contributed by atoms with van der Waals surface area (Å²) in [4.78, 5) is 28.1. The molecule has 2 aliphatic rings. The van der Waals surface area contributed by atoms with Gasteiger partial charge in [-0.15, -0.1) is 0 Å². The van der Waals surface area contributed by atoms with Crippen LogP contribution in [0.5, 0.6) is 0 Å². The Morgan fingerprint density at radius 3 is 2.41 bits per heavy atom. The fourth-order valence-electron chi connectivity index (χ4n) is 4.17. The molecule has 27 heavy (non-hydrogen) atoms. The van der Waals surface area contributed by atoms with Gasteiger partial charge < -0.3 is 4.90 Å². The summed E-state index contributed by atoms with van der Waals surface area (Å²) in [5.74, 6) is -1.07. The molecular weight excluding hydrogens is 383 g/mol. The summed E-state index contributed by atoms with van der Waals surface area (Å²) in [6.07, 6.45) is 1.72. The van der Waals surface area contributed by atoms with Crippen molar-refractivity contribution in [3.8, 4) is 0 Å². The van der Waals surface area contributed by atoms with Gasteiger partial charge in [-0.05, 0) is 36.4 Å². The van der Waals surface area contributed by atoms with Crippen molar-refractivity contribution in [1.82, 2.24) is 4.57 Å². The molecule has 0 N–H and O–H groups in total. The third-order valence-electron chi connectivity index (χ3n) is 5.39. The number of hydrogen-bond donors (Lipinski definition) is 0. The lowest BCUT2D eigenvalue weighted by Crippen LogP contribution is -2.42. The van der Waals surface area contributed by atoms with Crippen LogP contribution in [0.15, 0.2) is 60.8 Å². The number of benzene rings is 2. The van der Waals surface area contributed by atoms with Gasteiger partial charge in [0.2, 0.25) is 5.91 Å². The average molecular weight is 397 g/mol. The number of hydrogen-bond acceptors (Lipinski definition) is 3. The molecule has 0 saturated carbocycles. The Morgan fingerprint density at radius 2 is 1.63 bits per heavy atom. The summed E-state index contributed by atoms with van der Waals surface area (Å²) in [5.41, 5.74) is 2.94. The lowest BCUT2D eigenvalue weighted by atomic mass is 9.84. The van der Waals surface area contributed by atoms with Crippen molar-refractivity contribution in [2.24, 2.45) is 5.92 Å². The molecule has 2 unspecified atom stereocenters. The van der Waals surface area contributed by atoms with E-state index in [1.807, 2.05) is 30.3 Å². The zero-order valence-corrected chi connectivity index (χ0v) is 15.6. The molecule has 2 atom stereocenters. The van der Waals surface area contributed by atoms with E-state index in [1.54, 1.807) is 35.0 Å². The number of carbonyl (C=O) groups excluding carboxylic acids is 2. The standard InChI is InChI=1S/C21H14Cl2N2O2/c22-14-6-3-7-15(23)13(14)11-25-16-8-2-1-5-12(16)20(26)18-19(25)17-9-4-10-24(17)21(18)27/h1-10,18-19H,11H2. The van der Waals surface area contributed by atoms with Crippen LogP contribution in [0.25, 0.3) is 0 Å². The van der Waals surface area contributed by atoms with E-state index in [1.165, 1.54) is 0 Å². The average Bonchev–Trinajstić information content (AvgIpc) is 3.24. The Kier molecular flexibility index (Phi) is 3.67. The van der Waals surface area contributed by atoms with Crippen LogP contribution in [0, 0.1) is 5.92 Å². The Balaban J connectivity index is 1.71. The van der Waals surface area contributed by atoms with E-state index in [4.69, 9.17) is 23.2 Å². The van der Waals surface area contributed by atoms with Gasteiger partial charge in [0, 0.05) is 45.3 Å². The Labute approximate surface area is 165 Å². The van der Waals surface area contributed by atoms with Crippen molar-refractivity contribution in [3.05, 3.63) is 87.7 Å². The van der Waals surface area contributed by atoms with Gasteiger partial charge in [-0.3, -0.25) is 14.2 Å². The van der Waals surface area contributed by atoms with E-state index >= 15 is 0 Å². The third kappa shape index (κ3) is 2.30. The summed E-state index contributed by atoms with van der Waals surface area (Å²) in [5, 5.41) is 1.13. The zero-order valence-electron chi connectivity index (χ0n) is 14.1. The van der Waals surface area contributed by atoms with Gasteiger partial charge in [-0.1, -0.05) is 41.4 Å². The van der Waals surface area contributed by atoms with Crippen molar-refractivity contribution in [1.29, 1.82) is 0 Å². The number of rotatable bonds is 2. The van der Waals surface area contributed by atoms with E-state index < -0.39 is 5.92 Å². The van der Waals surface area contributed by atoms with E-state index in [2.05, 4.69) is 4.90 Å². The fourth-order valence-corrected chi connectivity index (χ4v) is 4.69. The molecule has 0 bridgehead atoms. The van der Waals surface area contributed by atoms with E-state index in [0.29, 0.717) is 22.2 Å². The van der Waals surface area contributed by atoms with E-state index in [-0.39, 0.29) is 17.7 Å². The van der Waals surface area contributed by atoms with Gasteiger partial charge in [0.05, 0.1) is 6.04 Å². The Hall–Kier alpha value is -2.56. The molecule has 0 radical (unpaired) electrons. The molecule has 4 nitrogen and oxygen atoms in total. The number of para-hydroxylation sites is 1. The first-order valence-electron chi connectivity index (χ1n) is 8.62. The predicted octanol–water partition coefficient (Wildman–Crippen LogP) is 5.01. The highest BCUT2D eigenvalue weighted by Gasteiger charge is 2.51. The van der Waals surface area contributed by atoms with Crippen LogP contribution >= 0.6 is 23.2 Å². The lowest BCUT2D eigenvalue weighted by Gasteiger charge is -2.39. The molecule has 1 aromatic heterocycles. The van der Waals surface area contributed by atoms with Crippen LogP contribution in [-0.4, -0.2) is 16.3 Å². The molecular formula is C21H14Cl2N2O2. The van der Waals surface area contributed by atoms with Crippen LogP contribution in [0.4, 0.5) is 5.69 Å². The van der Waals surface area contributed by atoms with Crippen LogP contribution in [0.2, 0.25) is 10.0 Å². The SMILES string of the molecule is O=C1c2ccccc2N(Cc2c(Cl)cccc2Cl)C2c3cccn3C(=O)C12. The number of Topliss-reactive ketones (excluding diaryl/α,β-unsaturated/α-hetero) is 1. The first kappa shape index (κ1) is 16.6. The van der Waals surface area contributed by atoms with Gasteiger partial charge in [0.15, 0.2) is 5.78 Å². The van der Waals surface area contributed by atoms with Gasteiger partial charge in [-0.25, -0.2) is 0 Å². The minimum atomic E-state index is -0.752. The highest BCUT2D eigenvalue weighted by atomic mass is 35.5. The lowest BCUT2D eigenvalue weighted by molar-refractivity contribution is 0.0756. The molecule has 0 aliphatic carbocycles. The third-order valence-corrected chi connectivity index (χ3v) is 6.10. The van der Waals surface area contributed by atoms with Crippen LogP contribution < -0.4 is 4.90 Å². The summed E-state index contributed by atoms with van der Waals surface area (Å²) >= 11 is 12.8. The van der Waals surface area contributed by atoms with Crippen molar-refractivity contribution < 1.29 is 9.59 Å². The van der Waals surface area contributed by atoms with Crippen molar-refractivity contribution >= 4 is 40.6 Å². The minimum Gasteiger partial charge on any atom is -0.357 e. The second kappa shape index (κ2) is 5.98. The van der Waals surface area contributed by atoms with Crippen molar-refractivity contribution in [2.45, 2.75) is 12.6 Å². The number of ketones is 1. The monoisotopic (exact) mass is 396 g/mol. The number of carbonyl (C=O) groups is 2. The maximum absolute atomic E-state index is 13.1. The molecule has 5 rings (SSSR count). The molecule has 6 heteroatoms. The maximum Gasteiger partial charge on any atom is 0.244 e. The molecule has 3 heterocycles. The molecule has 0 saturated heterocycles. The quantitative estimate of drug-likeness (QED) is 0.571. The largest absolute Gasteiger partial charge is 0.357 e. The van der Waals surface area contributed by atoms with Crippen LogP contribution in [0.3, 0.4) is 0 Å². The number of nitrogens with zero attached hydrogens (tertiary/aromatic N) is 2. The highest BCUT2D eigenvalue weighted by molar-refractivity contribution is 6.36. The van der Waals surface area contributed by atoms with Gasteiger partial charge >= 0.3 is 0 Å². The molecule has 2 aliphatic heterocycles. The Bertz CT molecular complexity index is 1080. The fraction of sp³-hybridized carbons (Fsp3) is 0.143. The first-order chi connectivity index (χ1) is 13.1. The second-order valence-electron chi connectivity index (χ2n) is 6.77. The van der Waals surface area contributed by atoms with Crippen molar-refractivity contribution in [3.63, 3.8) is 0 Å². The minimum absolute atomic E-state index is 0.134. The topological polar surface area (TPSA) is 42.3 Å². The van der Waals surface area contributed by atoms with Crippen molar-refractivity contribution in [2.75, 3.05) is 4.90 Å². The zero-order chi connectivity index (χ0) is 18.7. The second-order valence-corrected chi connectivity index (χ2v) is 7.59. The Morgan fingerprint density at radius 1 is 0.889 bits per heavy atom. The van der Waals surface area contributed by atoms with E-state index in [0.717, 1.165) is 16.9 Å². The summed E-state index contributed by atoms with van der Waals surface area (Å²) in [7, 11) is 0. The molecule has 0 spiro atoms. The number of halogens is 2. The molecule has 0 amide bonds. The molecule has 134 valence electrons. The van der Waals surface area contributed by atoms with E-state index in [9.17, 15) is 9.59 Å². The number of fused-ring (bicyclic) bond motifs is 4. The maximum atomic E-state index is 13.1.